The number of ether oxygens (including phenoxy) is 1. The number of carboxylic acids is 1. The van der Waals surface area contributed by atoms with E-state index in [0.717, 1.165) is 5.75 Å². The van der Waals surface area contributed by atoms with E-state index in [9.17, 15) is 14.7 Å². The van der Waals surface area contributed by atoms with Crippen molar-refractivity contribution in [3.63, 3.8) is 0 Å². The SMILES string of the molecule is CC(C)(C)OC(=O)N1CCSC[C@@H]1C(=O)[O-]. The van der Waals surface area contributed by atoms with Crippen LogP contribution < -0.4 is 5.11 Å². The molecule has 1 saturated heterocycles. The van der Waals surface area contributed by atoms with Gasteiger partial charge in [0.15, 0.2) is 0 Å². The Hall–Kier alpha value is -0.910. The lowest BCUT2D eigenvalue weighted by Gasteiger charge is -2.36. The summed E-state index contributed by atoms with van der Waals surface area (Å²) in [5.74, 6) is -0.136. The number of rotatable bonds is 1. The summed E-state index contributed by atoms with van der Waals surface area (Å²) >= 11 is 1.50. The van der Waals surface area contributed by atoms with Crippen LogP contribution in [0, 0.1) is 0 Å². The van der Waals surface area contributed by atoms with Crippen molar-refractivity contribution in [2.24, 2.45) is 0 Å². The highest BCUT2D eigenvalue weighted by atomic mass is 32.2. The molecule has 1 atom stereocenters. The molecule has 1 aliphatic heterocycles. The Morgan fingerprint density at radius 2 is 2.06 bits per heavy atom. The van der Waals surface area contributed by atoms with Gasteiger partial charge in [0.1, 0.15) is 5.60 Å². The molecule has 1 fully saturated rings. The second-order valence-corrected chi connectivity index (χ2v) is 5.73. The Balaban J connectivity index is 2.68. The Bertz CT molecular complexity index is 287. The van der Waals surface area contributed by atoms with Crippen LogP contribution in [0.3, 0.4) is 0 Å². The van der Waals surface area contributed by atoms with Gasteiger partial charge in [-0.25, -0.2) is 4.79 Å². The molecule has 0 aliphatic carbocycles. The van der Waals surface area contributed by atoms with Gasteiger partial charge in [-0.15, -0.1) is 0 Å². The lowest BCUT2D eigenvalue weighted by atomic mass is 10.2. The molecule has 0 aromatic heterocycles. The van der Waals surface area contributed by atoms with Gasteiger partial charge in [-0.3, -0.25) is 4.90 Å². The van der Waals surface area contributed by atoms with Crippen LogP contribution in [-0.2, 0) is 9.53 Å². The predicted molar refractivity (Wildman–Crippen MR) is 59.1 cm³/mol. The average Bonchev–Trinajstić information content (AvgIpc) is 2.15. The summed E-state index contributed by atoms with van der Waals surface area (Å²) in [5, 5.41) is 10.9. The van der Waals surface area contributed by atoms with Gasteiger partial charge in [-0.1, -0.05) is 0 Å². The highest BCUT2D eigenvalue weighted by Gasteiger charge is 2.31. The highest BCUT2D eigenvalue weighted by molar-refractivity contribution is 7.99. The number of nitrogens with zero attached hydrogens (tertiary/aromatic N) is 1. The van der Waals surface area contributed by atoms with Crippen LogP contribution in [-0.4, -0.2) is 46.7 Å². The summed E-state index contributed by atoms with van der Waals surface area (Å²) in [4.78, 5) is 23.8. The van der Waals surface area contributed by atoms with Crippen LogP contribution in [0.15, 0.2) is 0 Å². The van der Waals surface area contributed by atoms with Crippen molar-refractivity contribution in [3.05, 3.63) is 0 Å². The number of carboxylic acid groups (broad SMARTS) is 1. The quantitative estimate of drug-likeness (QED) is 0.655. The smallest absolute Gasteiger partial charge is 0.410 e. The molecule has 16 heavy (non-hydrogen) atoms. The van der Waals surface area contributed by atoms with E-state index in [-0.39, 0.29) is 0 Å². The van der Waals surface area contributed by atoms with Crippen molar-refractivity contribution < 1.29 is 19.4 Å². The standard InChI is InChI=1S/C10H17NO4S/c1-10(2,3)15-9(14)11-4-5-16-6-7(11)8(12)13/h7H,4-6H2,1-3H3,(H,12,13)/p-1/t7-/m1/s1. The number of aliphatic carboxylic acids is 1. The summed E-state index contributed by atoms with van der Waals surface area (Å²) in [5.41, 5.74) is -0.613. The van der Waals surface area contributed by atoms with Gasteiger partial charge in [-0.2, -0.15) is 11.8 Å². The van der Waals surface area contributed by atoms with Gasteiger partial charge in [0.05, 0.1) is 12.0 Å². The number of hydrogen-bond acceptors (Lipinski definition) is 5. The lowest BCUT2D eigenvalue weighted by Crippen LogP contribution is -2.55. The molecule has 0 aromatic rings. The maximum absolute atomic E-state index is 11.7. The first kappa shape index (κ1) is 13.2. The van der Waals surface area contributed by atoms with Crippen molar-refractivity contribution in [3.8, 4) is 0 Å². The molecule has 0 spiro atoms. The van der Waals surface area contributed by atoms with Crippen LogP contribution in [0.1, 0.15) is 20.8 Å². The molecule has 0 radical (unpaired) electrons. The largest absolute Gasteiger partial charge is 0.548 e. The third-order valence-electron chi connectivity index (χ3n) is 2.03. The zero-order chi connectivity index (χ0) is 12.3. The minimum atomic E-state index is -1.22. The summed E-state index contributed by atoms with van der Waals surface area (Å²) in [6.45, 7) is 5.63. The second-order valence-electron chi connectivity index (χ2n) is 4.58. The summed E-state index contributed by atoms with van der Waals surface area (Å²) in [7, 11) is 0. The molecule has 6 heteroatoms. The monoisotopic (exact) mass is 246 g/mol. The molecule has 0 saturated carbocycles. The first-order valence-corrected chi connectivity index (χ1v) is 6.25. The van der Waals surface area contributed by atoms with Gasteiger partial charge < -0.3 is 14.6 Å². The number of hydrogen-bond donors (Lipinski definition) is 0. The Kier molecular flexibility index (Phi) is 4.07. The molecule has 0 unspecified atom stereocenters. The van der Waals surface area contributed by atoms with E-state index >= 15 is 0 Å². The van der Waals surface area contributed by atoms with E-state index in [2.05, 4.69) is 0 Å². The van der Waals surface area contributed by atoms with Crippen LogP contribution >= 0.6 is 11.8 Å². The van der Waals surface area contributed by atoms with Gasteiger partial charge in [0, 0.05) is 18.1 Å². The van der Waals surface area contributed by atoms with Crippen molar-refractivity contribution in [2.75, 3.05) is 18.1 Å². The topological polar surface area (TPSA) is 69.7 Å². The van der Waals surface area contributed by atoms with E-state index in [1.165, 1.54) is 16.7 Å². The first-order chi connectivity index (χ1) is 7.31. The summed E-state index contributed by atoms with van der Waals surface area (Å²) < 4.78 is 5.14. The third kappa shape index (κ3) is 3.59. The predicted octanol–water partition coefficient (Wildman–Crippen LogP) is 0.0888. The molecular weight excluding hydrogens is 230 g/mol. The van der Waals surface area contributed by atoms with Crippen molar-refractivity contribution >= 4 is 23.8 Å². The zero-order valence-electron chi connectivity index (χ0n) is 9.69. The Morgan fingerprint density at radius 3 is 2.56 bits per heavy atom. The molecule has 1 heterocycles. The fraction of sp³-hybridized carbons (Fsp3) is 0.800. The van der Waals surface area contributed by atoms with Gasteiger partial charge in [0.25, 0.3) is 0 Å². The minimum absolute atomic E-state index is 0.363. The van der Waals surface area contributed by atoms with E-state index in [1.807, 2.05) is 0 Å². The van der Waals surface area contributed by atoms with E-state index in [0.29, 0.717) is 12.3 Å². The molecule has 1 aliphatic rings. The molecular formula is C10H16NO4S-. The fourth-order valence-electron chi connectivity index (χ4n) is 1.34. The number of carbonyl (C=O) groups excluding carboxylic acids is 2. The van der Waals surface area contributed by atoms with Crippen molar-refractivity contribution in [1.82, 2.24) is 4.90 Å². The van der Waals surface area contributed by atoms with Crippen LogP contribution in [0.2, 0.25) is 0 Å². The van der Waals surface area contributed by atoms with Crippen molar-refractivity contribution in [1.29, 1.82) is 0 Å². The molecule has 5 nitrogen and oxygen atoms in total. The maximum Gasteiger partial charge on any atom is 0.410 e. The number of thioether (sulfide) groups is 1. The molecule has 0 aromatic carbocycles. The second kappa shape index (κ2) is 4.95. The minimum Gasteiger partial charge on any atom is -0.548 e. The van der Waals surface area contributed by atoms with Gasteiger partial charge in [0.2, 0.25) is 0 Å². The number of carbonyl (C=O) groups is 2. The van der Waals surface area contributed by atoms with E-state index in [4.69, 9.17) is 4.74 Å². The van der Waals surface area contributed by atoms with Crippen molar-refractivity contribution in [2.45, 2.75) is 32.4 Å². The highest BCUT2D eigenvalue weighted by Crippen LogP contribution is 2.19. The van der Waals surface area contributed by atoms with Crippen LogP contribution in [0.5, 0.6) is 0 Å². The summed E-state index contributed by atoms with van der Waals surface area (Å²) in [6.07, 6.45) is -0.581. The van der Waals surface area contributed by atoms with Gasteiger partial charge in [-0.05, 0) is 20.8 Å². The van der Waals surface area contributed by atoms with E-state index < -0.39 is 23.7 Å². The Labute approximate surface area is 99.1 Å². The molecule has 1 rings (SSSR count). The average molecular weight is 246 g/mol. The molecule has 1 amide bonds. The third-order valence-corrected chi connectivity index (χ3v) is 3.05. The van der Waals surface area contributed by atoms with E-state index in [1.54, 1.807) is 20.8 Å². The molecule has 92 valence electrons. The first-order valence-electron chi connectivity index (χ1n) is 5.09. The lowest BCUT2D eigenvalue weighted by molar-refractivity contribution is -0.310. The normalized spacial score (nSPS) is 21.7. The zero-order valence-corrected chi connectivity index (χ0v) is 10.5. The maximum atomic E-state index is 11.7. The molecule has 0 N–H and O–H groups in total. The Morgan fingerprint density at radius 1 is 1.44 bits per heavy atom. The molecule has 0 bridgehead atoms. The summed E-state index contributed by atoms with van der Waals surface area (Å²) in [6, 6.07) is -0.881. The van der Waals surface area contributed by atoms with Crippen LogP contribution in [0.4, 0.5) is 4.79 Å². The van der Waals surface area contributed by atoms with Gasteiger partial charge >= 0.3 is 6.09 Å². The number of amides is 1. The fourth-order valence-corrected chi connectivity index (χ4v) is 2.37. The van der Waals surface area contributed by atoms with Crippen LogP contribution in [0.25, 0.3) is 0 Å².